The normalized spacial score (nSPS) is 21.9. The average Bonchev–Trinajstić information content (AvgIpc) is 2.02. The third-order valence-corrected chi connectivity index (χ3v) is 2.86. The summed E-state index contributed by atoms with van der Waals surface area (Å²) in [5.74, 6) is 0. The van der Waals surface area contributed by atoms with Gasteiger partial charge in [0.15, 0.2) is 0 Å². The molecule has 2 heteroatoms. The van der Waals surface area contributed by atoms with Crippen LogP contribution in [0.3, 0.4) is 0 Å². The number of rotatable bonds is 2. The lowest BCUT2D eigenvalue weighted by atomic mass is 9.99. The summed E-state index contributed by atoms with van der Waals surface area (Å²) in [5.41, 5.74) is 0.322. The zero-order valence-electron chi connectivity index (χ0n) is 10.3. The molecular weight excluding hydrogens is 174 g/mol. The minimum Gasteiger partial charge on any atom is -0.375 e. The molecule has 0 aromatic carbocycles. The molecule has 1 heterocycles. The van der Waals surface area contributed by atoms with Crippen molar-refractivity contribution in [2.75, 3.05) is 13.1 Å². The van der Waals surface area contributed by atoms with E-state index in [-0.39, 0.29) is 0 Å². The van der Waals surface area contributed by atoms with E-state index in [2.05, 4.69) is 39.5 Å². The van der Waals surface area contributed by atoms with E-state index in [1.165, 1.54) is 25.9 Å². The Morgan fingerprint density at radius 3 is 2.00 bits per heavy atom. The van der Waals surface area contributed by atoms with Gasteiger partial charge in [-0.05, 0) is 47.5 Å². The van der Waals surface area contributed by atoms with Crippen molar-refractivity contribution in [2.45, 2.75) is 65.2 Å². The Hall–Kier alpha value is -0.0800. The summed E-state index contributed by atoms with van der Waals surface area (Å²) in [6.45, 7) is 13.5. The van der Waals surface area contributed by atoms with Crippen LogP contribution in [0.25, 0.3) is 0 Å². The summed E-state index contributed by atoms with van der Waals surface area (Å²) >= 11 is 0. The van der Waals surface area contributed by atoms with Crippen molar-refractivity contribution >= 4 is 0 Å². The Bertz CT molecular complexity index is 164. The highest BCUT2D eigenvalue weighted by molar-refractivity contribution is 4.82. The molecule has 0 N–H and O–H groups in total. The Labute approximate surface area is 88.6 Å². The summed E-state index contributed by atoms with van der Waals surface area (Å²) < 4.78 is 5.83. The number of hydrogen-bond acceptors (Lipinski definition) is 2. The predicted molar refractivity (Wildman–Crippen MR) is 60.6 cm³/mol. The summed E-state index contributed by atoms with van der Waals surface area (Å²) in [5, 5.41) is 0. The van der Waals surface area contributed by atoms with Gasteiger partial charge in [-0.15, -0.1) is 0 Å². The number of ether oxygens (including phenoxy) is 1. The molecule has 0 aliphatic carbocycles. The maximum absolute atomic E-state index is 5.83. The van der Waals surface area contributed by atoms with Crippen LogP contribution in [-0.2, 0) is 4.74 Å². The lowest BCUT2D eigenvalue weighted by Gasteiger charge is -2.41. The molecule has 1 saturated heterocycles. The molecule has 0 atom stereocenters. The Morgan fingerprint density at radius 2 is 1.64 bits per heavy atom. The van der Waals surface area contributed by atoms with E-state index in [0.717, 1.165) is 0 Å². The smallest absolute Gasteiger partial charge is 0.0603 e. The molecule has 0 aromatic heterocycles. The van der Waals surface area contributed by atoms with Crippen molar-refractivity contribution < 1.29 is 4.74 Å². The van der Waals surface area contributed by atoms with Gasteiger partial charge in [0.05, 0.1) is 12.2 Å². The van der Waals surface area contributed by atoms with Crippen LogP contribution in [0.15, 0.2) is 0 Å². The Kier molecular flexibility index (Phi) is 3.96. The van der Waals surface area contributed by atoms with Crippen molar-refractivity contribution in [3.63, 3.8) is 0 Å². The van der Waals surface area contributed by atoms with Crippen LogP contribution >= 0.6 is 0 Å². The predicted octanol–water partition coefficient (Wildman–Crippen LogP) is 2.67. The molecule has 2 nitrogen and oxygen atoms in total. The molecule has 1 aliphatic heterocycles. The van der Waals surface area contributed by atoms with E-state index in [1.54, 1.807) is 0 Å². The fourth-order valence-electron chi connectivity index (χ4n) is 2.05. The monoisotopic (exact) mass is 199 g/mol. The molecule has 1 fully saturated rings. The van der Waals surface area contributed by atoms with Crippen molar-refractivity contribution in [2.24, 2.45) is 0 Å². The van der Waals surface area contributed by atoms with Gasteiger partial charge in [-0.3, -0.25) is 4.90 Å². The molecule has 0 radical (unpaired) electrons. The first-order chi connectivity index (χ1) is 6.39. The zero-order chi connectivity index (χ0) is 10.8. The number of likely N-dealkylation sites (tertiary alicyclic amines) is 1. The van der Waals surface area contributed by atoms with Gasteiger partial charge in [0.1, 0.15) is 0 Å². The Morgan fingerprint density at radius 1 is 1.14 bits per heavy atom. The fourth-order valence-corrected chi connectivity index (χ4v) is 2.05. The van der Waals surface area contributed by atoms with Gasteiger partial charge in [0, 0.05) is 18.6 Å². The van der Waals surface area contributed by atoms with E-state index >= 15 is 0 Å². The standard InChI is InChI=1S/C12H25NO/c1-10(2)14-11-6-8-13(9-7-11)12(3,4)5/h10-11H,6-9H2,1-5H3. The first kappa shape index (κ1) is 12.0. The molecular formula is C12H25NO. The van der Waals surface area contributed by atoms with Crippen molar-refractivity contribution in [3.05, 3.63) is 0 Å². The second kappa shape index (κ2) is 4.63. The van der Waals surface area contributed by atoms with Crippen LogP contribution in [0.1, 0.15) is 47.5 Å². The van der Waals surface area contributed by atoms with Crippen LogP contribution in [0.4, 0.5) is 0 Å². The first-order valence-corrected chi connectivity index (χ1v) is 5.80. The molecule has 0 unspecified atom stereocenters. The molecule has 0 aromatic rings. The molecule has 1 rings (SSSR count). The minimum atomic E-state index is 0.322. The molecule has 1 aliphatic rings. The molecule has 84 valence electrons. The fraction of sp³-hybridized carbons (Fsp3) is 1.00. The number of nitrogens with zero attached hydrogens (tertiary/aromatic N) is 1. The third kappa shape index (κ3) is 3.58. The van der Waals surface area contributed by atoms with Gasteiger partial charge in [0.25, 0.3) is 0 Å². The second-order valence-corrected chi connectivity index (χ2v) is 5.54. The van der Waals surface area contributed by atoms with Crippen LogP contribution in [0.5, 0.6) is 0 Å². The molecule has 0 bridgehead atoms. The highest BCUT2D eigenvalue weighted by Gasteiger charge is 2.27. The van der Waals surface area contributed by atoms with Crippen molar-refractivity contribution in [1.29, 1.82) is 0 Å². The van der Waals surface area contributed by atoms with Gasteiger partial charge in [0.2, 0.25) is 0 Å². The Balaban J connectivity index is 2.31. The van der Waals surface area contributed by atoms with Crippen LogP contribution < -0.4 is 0 Å². The maximum Gasteiger partial charge on any atom is 0.0603 e. The lowest BCUT2D eigenvalue weighted by molar-refractivity contribution is -0.0405. The highest BCUT2D eigenvalue weighted by atomic mass is 16.5. The number of piperidine rings is 1. The average molecular weight is 199 g/mol. The summed E-state index contributed by atoms with van der Waals surface area (Å²) in [4.78, 5) is 2.55. The van der Waals surface area contributed by atoms with Crippen LogP contribution in [-0.4, -0.2) is 35.7 Å². The minimum absolute atomic E-state index is 0.322. The quantitative estimate of drug-likeness (QED) is 0.678. The van der Waals surface area contributed by atoms with Crippen LogP contribution in [0.2, 0.25) is 0 Å². The van der Waals surface area contributed by atoms with E-state index < -0.39 is 0 Å². The van der Waals surface area contributed by atoms with Gasteiger partial charge < -0.3 is 4.74 Å². The van der Waals surface area contributed by atoms with E-state index in [9.17, 15) is 0 Å². The third-order valence-electron chi connectivity index (χ3n) is 2.86. The molecule has 0 saturated carbocycles. The largest absolute Gasteiger partial charge is 0.375 e. The zero-order valence-corrected chi connectivity index (χ0v) is 10.3. The molecule has 0 amide bonds. The highest BCUT2D eigenvalue weighted by Crippen LogP contribution is 2.22. The summed E-state index contributed by atoms with van der Waals surface area (Å²) in [6.07, 6.45) is 3.25. The van der Waals surface area contributed by atoms with Gasteiger partial charge in [-0.2, -0.15) is 0 Å². The van der Waals surface area contributed by atoms with E-state index in [0.29, 0.717) is 17.7 Å². The van der Waals surface area contributed by atoms with Gasteiger partial charge in [-0.25, -0.2) is 0 Å². The molecule has 0 spiro atoms. The second-order valence-electron chi connectivity index (χ2n) is 5.54. The summed E-state index contributed by atoms with van der Waals surface area (Å²) in [7, 11) is 0. The van der Waals surface area contributed by atoms with Crippen molar-refractivity contribution in [1.82, 2.24) is 4.90 Å². The summed E-state index contributed by atoms with van der Waals surface area (Å²) in [6, 6.07) is 0. The first-order valence-electron chi connectivity index (χ1n) is 5.80. The van der Waals surface area contributed by atoms with Crippen molar-refractivity contribution in [3.8, 4) is 0 Å². The number of hydrogen-bond donors (Lipinski definition) is 0. The topological polar surface area (TPSA) is 12.5 Å². The van der Waals surface area contributed by atoms with E-state index in [1.807, 2.05) is 0 Å². The van der Waals surface area contributed by atoms with Crippen LogP contribution in [0, 0.1) is 0 Å². The van der Waals surface area contributed by atoms with E-state index in [4.69, 9.17) is 4.74 Å². The van der Waals surface area contributed by atoms with Gasteiger partial charge in [-0.1, -0.05) is 0 Å². The molecule has 14 heavy (non-hydrogen) atoms. The maximum atomic E-state index is 5.83. The SMILES string of the molecule is CC(C)OC1CCN(C(C)(C)C)CC1. The van der Waals surface area contributed by atoms with Gasteiger partial charge >= 0.3 is 0 Å². The lowest BCUT2D eigenvalue weighted by Crippen LogP contribution is -2.47.